The van der Waals surface area contributed by atoms with Crippen molar-refractivity contribution in [3.63, 3.8) is 0 Å². The van der Waals surface area contributed by atoms with Crippen LogP contribution in [0, 0.1) is 0 Å². The van der Waals surface area contributed by atoms with Crippen LogP contribution in [-0.4, -0.2) is 14.1 Å². The summed E-state index contributed by atoms with van der Waals surface area (Å²) in [7, 11) is 3.00. The van der Waals surface area contributed by atoms with Gasteiger partial charge in [-0.3, -0.25) is 0 Å². The molecule has 0 fully saturated rings. The summed E-state index contributed by atoms with van der Waals surface area (Å²) in [6.07, 6.45) is 2.26. The number of hydrogen-bond acceptors (Lipinski definition) is 2. The summed E-state index contributed by atoms with van der Waals surface area (Å²) in [6, 6.07) is 21.2. The molecule has 0 bridgehead atoms. The summed E-state index contributed by atoms with van der Waals surface area (Å²) >= 11 is 0. The first-order valence-corrected chi connectivity index (χ1v) is 6.18. The first-order valence-electron chi connectivity index (χ1n) is 6.18. The van der Waals surface area contributed by atoms with E-state index in [0.717, 1.165) is 12.8 Å². The molecule has 0 amide bonds. The maximum atomic E-state index is 4.50. The third-order valence-corrected chi connectivity index (χ3v) is 2.39. The monoisotopic (exact) mass is 260 g/mol. The van der Waals surface area contributed by atoms with Gasteiger partial charge in [0.2, 0.25) is 0 Å². The quantitative estimate of drug-likeness (QED) is 0.890. The topological polar surface area (TPSA) is 52.0 Å². The Morgan fingerprint density at radius 3 is 1.11 bits per heavy atom. The molecule has 0 heterocycles. The minimum absolute atomic E-state index is 0. The molecule has 0 saturated carbocycles. The lowest BCUT2D eigenvalue weighted by molar-refractivity contribution is 0.960. The van der Waals surface area contributed by atoms with Crippen LogP contribution in [0.25, 0.3) is 0 Å². The Kier molecular flexibility index (Phi) is 14.9. The van der Waals surface area contributed by atoms with Crippen LogP contribution in [0.2, 0.25) is 0 Å². The zero-order valence-corrected chi connectivity index (χ0v) is 11.3. The van der Waals surface area contributed by atoms with Crippen LogP contribution in [0.4, 0.5) is 0 Å². The van der Waals surface area contributed by atoms with E-state index in [1.807, 2.05) is 0 Å². The number of rotatable bonds is 3. The van der Waals surface area contributed by atoms with Gasteiger partial charge in [-0.1, -0.05) is 68.1 Å². The SMILES string of the molecule is C.CN.CN.c1ccc(CCc2ccccc2)cc1. The lowest BCUT2D eigenvalue weighted by Crippen LogP contribution is -1.89. The molecule has 2 aromatic carbocycles. The molecular weight excluding hydrogens is 232 g/mol. The average Bonchev–Trinajstić information content (AvgIpc) is 2.51. The molecule has 0 atom stereocenters. The highest BCUT2D eigenvalue weighted by atomic mass is 14.4. The summed E-state index contributed by atoms with van der Waals surface area (Å²) in [5.41, 5.74) is 11.8. The van der Waals surface area contributed by atoms with E-state index >= 15 is 0 Å². The molecule has 2 rings (SSSR count). The first-order chi connectivity index (χ1) is 8.95. The van der Waals surface area contributed by atoms with E-state index in [4.69, 9.17) is 0 Å². The van der Waals surface area contributed by atoms with E-state index in [0.29, 0.717) is 0 Å². The minimum Gasteiger partial charge on any atom is -0.333 e. The van der Waals surface area contributed by atoms with Gasteiger partial charge in [-0.15, -0.1) is 0 Å². The lowest BCUT2D eigenvalue weighted by Gasteiger charge is -2.01. The Morgan fingerprint density at radius 1 is 0.579 bits per heavy atom. The van der Waals surface area contributed by atoms with Gasteiger partial charge in [0.05, 0.1) is 0 Å². The molecule has 19 heavy (non-hydrogen) atoms. The molecule has 2 nitrogen and oxygen atoms in total. The van der Waals surface area contributed by atoms with Crippen LogP contribution >= 0.6 is 0 Å². The average molecular weight is 260 g/mol. The van der Waals surface area contributed by atoms with Crippen LogP contribution < -0.4 is 11.5 Å². The van der Waals surface area contributed by atoms with E-state index in [2.05, 4.69) is 72.1 Å². The Balaban J connectivity index is 0. The van der Waals surface area contributed by atoms with Gasteiger partial charge in [0, 0.05) is 0 Å². The van der Waals surface area contributed by atoms with Gasteiger partial charge in [-0.05, 0) is 38.1 Å². The molecule has 0 aliphatic heterocycles. The minimum atomic E-state index is 0. The van der Waals surface area contributed by atoms with Crippen molar-refractivity contribution < 1.29 is 0 Å². The predicted molar refractivity (Wildman–Crippen MR) is 87.2 cm³/mol. The third-order valence-electron chi connectivity index (χ3n) is 2.39. The zero-order valence-electron chi connectivity index (χ0n) is 11.3. The fourth-order valence-electron chi connectivity index (χ4n) is 1.58. The predicted octanol–water partition coefficient (Wildman–Crippen LogP) is 3.26. The largest absolute Gasteiger partial charge is 0.333 e. The van der Waals surface area contributed by atoms with E-state index in [1.165, 1.54) is 25.2 Å². The molecular formula is C17H28N2. The zero-order chi connectivity index (χ0) is 13.6. The van der Waals surface area contributed by atoms with Gasteiger partial charge in [-0.25, -0.2) is 0 Å². The van der Waals surface area contributed by atoms with Gasteiger partial charge >= 0.3 is 0 Å². The maximum absolute atomic E-state index is 4.50. The summed E-state index contributed by atoms with van der Waals surface area (Å²) in [5, 5.41) is 0. The van der Waals surface area contributed by atoms with Crippen LogP contribution in [0.3, 0.4) is 0 Å². The molecule has 0 aliphatic carbocycles. The Morgan fingerprint density at radius 2 is 0.842 bits per heavy atom. The molecule has 0 radical (unpaired) electrons. The highest BCUT2D eigenvalue weighted by molar-refractivity contribution is 5.19. The number of hydrogen-bond donors (Lipinski definition) is 2. The highest BCUT2D eigenvalue weighted by Gasteiger charge is 1.93. The molecule has 106 valence electrons. The third kappa shape index (κ3) is 9.00. The Hall–Kier alpha value is -1.64. The molecule has 0 aliphatic rings. The van der Waals surface area contributed by atoms with Crippen molar-refractivity contribution in [3.8, 4) is 0 Å². The van der Waals surface area contributed by atoms with Crippen molar-refractivity contribution in [1.82, 2.24) is 0 Å². The van der Waals surface area contributed by atoms with Gasteiger partial charge in [0.1, 0.15) is 0 Å². The van der Waals surface area contributed by atoms with Crippen LogP contribution in [0.15, 0.2) is 60.7 Å². The number of nitrogens with two attached hydrogens (primary N) is 2. The van der Waals surface area contributed by atoms with Crippen molar-refractivity contribution in [2.75, 3.05) is 14.1 Å². The van der Waals surface area contributed by atoms with Crippen molar-refractivity contribution >= 4 is 0 Å². The Bertz CT molecular complexity index is 331. The molecule has 0 spiro atoms. The van der Waals surface area contributed by atoms with E-state index in [1.54, 1.807) is 0 Å². The Labute approximate surface area is 118 Å². The summed E-state index contributed by atoms with van der Waals surface area (Å²) in [5.74, 6) is 0. The highest BCUT2D eigenvalue weighted by Crippen LogP contribution is 2.06. The van der Waals surface area contributed by atoms with Gasteiger partial charge in [-0.2, -0.15) is 0 Å². The summed E-state index contributed by atoms with van der Waals surface area (Å²) in [6.45, 7) is 0. The molecule has 2 aromatic rings. The lowest BCUT2D eigenvalue weighted by atomic mass is 10.0. The van der Waals surface area contributed by atoms with Crippen molar-refractivity contribution in [1.29, 1.82) is 0 Å². The number of benzene rings is 2. The van der Waals surface area contributed by atoms with Crippen molar-refractivity contribution in [2.24, 2.45) is 11.5 Å². The molecule has 2 heteroatoms. The van der Waals surface area contributed by atoms with Gasteiger partial charge < -0.3 is 11.5 Å². The first kappa shape index (κ1) is 19.7. The van der Waals surface area contributed by atoms with Crippen LogP contribution in [0.1, 0.15) is 18.6 Å². The molecule has 0 saturated heterocycles. The van der Waals surface area contributed by atoms with E-state index in [9.17, 15) is 0 Å². The van der Waals surface area contributed by atoms with Crippen LogP contribution in [0.5, 0.6) is 0 Å². The standard InChI is InChI=1S/C14H14.2CH5N.CH4/c1-3-7-13(8-4-1)11-12-14-9-5-2-6-10-14;2*1-2;/h1-10H,11-12H2;2*2H2,1H3;1H4. The second-order valence-electron chi connectivity index (χ2n) is 3.47. The fourth-order valence-corrected chi connectivity index (χ4v) is 1.58. The fraction of sp³-hybridized carbons (Fsp3) is 0.294. The van der Waals surface area contributed by atoms with Crippen molar-refractivity contribution in [2.45, 2.75) is 20.3 Å². The van der Waals surface area contributed by atoms with Crippen molar-refractivity contribution in [3.05, 3.63) is 71.8 Å². The van der Waals surface area contributed by atoms with Crippen LogP contribution in [-0.2, 0) is 12.8 Å². The normalized spacial score (nSPS) is 8.00. The smallest absolute Gasteiger partial charge is 0.0195 e. The second kappa shape index (κ2) is 14.4. The summed E-state index contributed by atoms with van der Waals surface area (Å²) in [4.78, 5) is 0. The van der Waals surface area contributed by atoms with Gasteiger partial charge in [0.25, 0.3) is 0 Å². The van der Waals surface area contributed by atoms with Gasteiger partial charge in [0.15, 0.2) is 0 Å². The number of aryl methyl sites for hydroxylation is 2. The molecule has 0 aromatic heterocycles. The molecule has 4 N–H and O–H groups in total. The second-order valence-corrected chi connectivity index (χ2v) is 3.47. The van der Waals surface area contributed by atoms with E-state index in [-0.39, 0.29) is 7.43 Å². The van der Waals surface area contributed by atoms with E-state index < -0.39 is 0 Å². The summed E-state index contributed by atoms with van der Waals surface area (Å²) < 4.78 is 0. The molecule has 0 unspecified atom stereocenters. The maximum Gasteiger partial charge on any atom is -0.0195 e.